The molecule has 0 aliphatic rings. The largest absolute Gasteiger partial charge is 0.496 e. The van der Waals surface area contributed by atoms with Crippen LogP contribution in [0.4, 0.5) is 0 Å². The van der Waals surface area contributed by atoms with E-state index in [1.54, 1.807) is 7.11 Å². The normalized spacial score (nSPS) is 12.8. The molecule has 2 N–H and O–H groups in total. The molecule has 0 heterocycles. The smallest absolute Gasteiger partial charge is 0.124 e. The van der Waals surface area contributed by atoms with E-state index in [4.69, 9.17) is 4.74 Å². The second-order valence-corrected chi connectivity index (χ2v) is 4.48. The zero-order valence-electron chi connectivity index (χ0n) is 11.2. The van der Waals surface area contributed by atoms with Crippen LogP contribution in [-0.2, 0) is 0 Å². The van der Waals surface area contributed by atoms with Crippen molar-refractivity contribution in [2.75, 3.05) is 20.2 Å². The van der Waals surface area contributed by atoms with Crippen LogP contribution in [0.25, 0.3) is 0 Å². The van der Waals surface area contributed by atoms with Crippen molar-refractivity contribution in [1.29, 1.82) is 0 Å². The second-order valence-electron chi connectivity index (χ2n) is 4.48. The summed E-state index contributed by atoms with van der Waals surface area (Å²) in [6, 6.07) is 6.02. The van der Waals surface area contributed by atoms with Crippen molar-refractivity contribution in [3.05, 3.63) is 29.3 Å². The summed E-state index contributed by atoms with van der Waals surface area (Å²) in [4.78, 5) is 0. The Morgan fingerprint density at radius 2 is 2.06 bits per heavy atom. The molecule has 0 radical (unpaired) electrons. The van der Waals surface area contributed by atoms with E-state index in [1.165, 1.54) is 5.56 Å². The van der Waals surface area contributed by atoms with Gasteiger partial charge < -0.3 is 15.2 Å². The van der Waals surface area contributed by atoms with Gasteiger partial charge in [-0.2, -0.15) is 0 Å². The van der Waals surface area contributed by atoms with Gasteiger partial charge in [-0.25, -0.2) is 0 Å². The van der Waals surface area contributed by atoms with E-state index in [2.05, 4.69) is 25.2 Å². The van der Waals surface area contributed by atoms with E-state index in [1.807, 2.05) is 19.1 Å². The number of rotatable bonds is 6. The number of nitrogens with one attached hydrogen (secondary N) is 1. The first-order valence-corrected chi connectivity index (χ1v) is 6.16. The van der Waals surface area contributed by atoms with Gasteiger partial charge in [0.25, 0.3) is 0 Å². The first-order valence-electron chi connectivity index (χ1n) is 6.16. The molecule has 0 saturated carbocycles. The maximum atomic E-state index is 10.1. The molecular formula is C14H23NO2. The topological polar surface area (TPSA) is 41.5 Å². The third-order valence-electron chi connectivity index (χ3n) is 2.87. The van der Waals surface area contributed by atoms with Crippen LogP contribution in [0.3, 0.4) is 0 Å². The van der Waals surface area contributed by atoms with Crippen molar-refractivity contribution in [2.45, 2.75) is 32.8 Å². The second kappa shape index (κ2) is 6.62. The molecule has 1 atom stereocenters. The van der Waals surface area contributed by atoms with Crippen LogP contribution in [0.1, 0.15) is 43.9 Å². The highest BCUT2D eigenvalue weighted by atomic mass is 16.5. The van der Waals surface area contributed by atoms with Gasteiger partial charge in [-0.15, -0.1) is 0 Å². The summed E-state index contributed by atoms with van der Waals surface area (Å²) < 4.78 is 5.35. The fourth-order valence-electron chi connectivity index (χ4n) is 1.75. The Kier molecular flexibility index (Phi) is 5.45. The monoisotopic (exact) mass is 237 g/mol. The zero-order chi connectivity index (χ0) is 12.8. The molecule has 0 aromatic heterocycles. The highest BCUT2D eigenvalue weighted by Gasteiger charge is 2.14. The highest BCUT2D eigenvalue weighted by molar-refractivity contribution is 5.40. The maximum Gasteiger partial charge on any atom is 0.124 e. The SMILES string of the molecule is CCNCC(O)c1ccc(C(C)C)cc1OC. The lowest BCUT2D eigenvalue weighted by molar-refractivity contribution is 0.171. The van der Waals surface area contributed by atoms with Crippen LogP contribution in [0.2, 0.25) is 0 Å². The number of aliphatic hydroxyl groups excluding tert-OH is 1. The molecule has 0 aliphatic heterocycles. The summed E-state index contributed by atoms with van der Waals surface area (Å²) >= 11 is 0. The van der Waals surface area contributed by atoms with Crippen LogP contribution in [0.15, 0.2) is 18.2 Å². The Morgan fingerprint density at radius 1 is 1.35 bits per heavy atom. The lowest BCUT2D eigenvalue weighted by Crippen LogP contribution is -2.21. The summed E-state index contributed by atoms with van der Waals surface area (Å²) in [5.74, 6) is 1.23. The van der Waals surface area contributed by atoms with Gasteiger partial charge in [-0.3, -0.25) is 0 Å². The summed E-state index contributed by atoms with van der Waals surface area (Å²) in [6.45, 7) is 7.70. The molecule has 3 heteroatoms. The van der Waals surface area contributed by atoms with Crippen molar-refractivity contribution in [1.82, 2.24) is 5.32 Å². The van der Waals surface area contributed by atoms with Gasteiger partial charge in [-0.05, 0) is 24.1 Å². The van der Waals surface area contributed by atoms with Gasteiger partial charge >= 0.3 is 0 Å². The van der Waals surface area contributed by atoms with Crippen molar-refractivity contribution in [3.8, 4) is 5.75 Å². The minimum absolute atomic E-state index is 0.462. The molecule has 0 saturated heterocycles. The molecule has 96 valence electrons. The average Bonchev–Trinajstić information content (AvgIpc) is 2.34. The molecule has 0 fully saturated rings. The van der Waals surface area contributed by atoms with E-state index in [0.29, 0.717) is 12.5 Å². The lowest BCUT2D eigenvalue weighted by atomic mass is 9.99. The van der Waals surface area contributed by atoms with Crippen molar-refractivity contribution in [3.63, 3.8) is 0 Å². The molecule has 0 amide bonds. The molecule has 17 heavy (non-hydrogen) atoms. The molecule has 3 nitrogen and oxygen atoms in total. The fraction of sp³-hybridized carbons (Fsp3) is 0.571. The highest BCUT2D eigenvalue weighted by Crippen LogP contribution is 2.28. The number of hydrogen-bond donors (Lipinski definition) is 2. The molecular weight excluding hydrogens is 214 g/mol. The van der Waals surface area contributed by atoms with E-state index in [-0.39, 0.29) is 0 Å². The number of benzene rings is 1. The van der Waals surface area contributed by atoms with Gasteiger partial charge in [0, 0.05) is 12.1 Å². The molecule has 0 aliphatic carbocycles. The van der Waals surface area contributed by atoms with Gasteiger partial charge in [0.2, 0.25) is 0 Å². The fourth-order valence-corrected chi connectivity index (χ4v) is 1.75. The molecule has 1 aromatic rings. The minimum Gasteiger partial charge on any atom is -0.496 e. The van der Waals surface area contributed by atoms with Gasteiger partial charge in [0.1, 0.15) is 5.75 Å². The summed E-state index contributed by atoms with van der Waals surface area (Å²) in [7, 11) is 1.64. The Hall–Kier alpha value is -1.06. The number of methoxy groups -OCH3 is 1. The Morgan fingerprint density at radius 3 is 2.59 bits per heavy atom. The van der Waals surface area contributed by atoms with Crippen molar-refractivity contribution < 1.29 is 9.84 Å². The van der Waals surface area contributed by atoms with Crippen molar-refractivity contribution in [2.24, 2.45) is 0 Å². The Balaban J connectivity index is 2.91. The van der Waals surface area contributed by atoms with Gasteiger partial charge in [0.05, 0.1) is 13.2 Å². The van der Waals surface area contributed by atoms with E-state index >= 15 is 0 Å². The predicted octanol–water partition coefficient (Wildman–Crippen LogP) is 2.46. The summed E-state index contributed by atoms with van der Waals surface area (Å²) in [6.07, 6.45) is -0.522. The van der Waals surface area contributed by atoms with E-state index < -0.39 is 6.10 Å². The van der Waals surface area contributed by atoms with E-state index in [9.17, 15) is 5.11 Å². The van der Waals surface area contributed by atoms with Crippen LogP contribution in [-0.4, -0.2) is 25.3 Å². The summed E-state index contributed by atoms with van der Waals surface area (Å²) in [5, 5.41) is 13.2. The standard InChI is InChI=1S/C14H23NO2/c1-5-15-9-13(16)12-7-6-11(10(2)3)8-14(12)17-4/h6-8,10,13,15-16H,5,9H2,1-4H3. The molecule has 1 rings (SSSR count). The number of ether oxygens (including phenoxy) is 1. The van der Waals surface area contributed by atoms with Crippen LogP contribution >= 0.6 is 0 Å². The van der Waals surface area contributed by atoms with Crippen LogP contribution < -0.4 is 10.1 Å². The zero-order valence-corrected chi connectivity index (χ0v) is 11.2. The number of hydrogen-bond acceptors (Lipinski definition) is 3. The van der Waals surface area contributed by atoms with Gasteiger partial charge in [-0.1, -0.05) is 32.9 Å². The Labute approximate surface area is 104 Å². The van der Waals surface area contributed by atoms with E-state index in [0.717, 1.165) is 17.9 Å². The molecule has 1 aromatic carbocycles. The predicted molar refractivity (Wildman–Crippen MR) is 70.6 cm³/mol. The van der Waals surface area contributed by atoms with Crippen LogP contribution in [0.5, 0.6) is 5.75 Å². The third kappa shape index (κ3) is 3.72. The number of aliphatic hydroxyl groups is 1. The Bertz CT molecular complexity index is 350. The maximum absolute atomic E-state index is 10.1. The van der Waals surface area contributed by atoms with Crippen molar-refractivity contribution >= 4 is 0 Å². The average molecular weight is 237 g/mol. The molecule has 0 bridgehead atoms. The minimum atomic E-state index is -0.522. The number of likely N-dealkylation sites (N-methyl/N-ethyl adjacent to an activating group) is 1. The first kappa shape index (κ1) is 14.0. The molecule has 0 spiro atoms. The molecule has 1 unspecified atom stereocenters. The first-order chi connectivity index (χ1) is 8.10. The quantitative estimate of drug-likeness (QED) is 0.798. The lowest BCUT2D eigenvalue weighted by Gasteiger charge is -2.17. The van der Waals surface area contributed by atoms with Crippen LogP contribution in [0, 0.1) is 0 Å². The third-order valence-corrected chi connectivity index (χ3v) is 2.87. The summed E-state index contributed by atoms with van der Waals surface area (Å²) in [5.41, 5.74) is 2.07. The van der Waals surface area contributed by atoms with Gasteiger partial charge in [0.15, 0.2) is 0 Å².